The quantitative estimate of drug-likeness (QED) is 0.526. The first-order valence-corrected chi connectivity index (χ1v) is 3.76. The smallest absolute Gasteiger partial charge is 0.0652 e. The molecule has 2 heteroatoms. The van der Waals surface area contributed by atoms with Crippen LogP contribution in [0.25, 0.3) is 0 Å². The van der Waals surface area contributed by atoms with Gasteiger partial charge in [-0.1, -0.05) is 26.8 Å². The molecule has 1 aliphatic rings. The summed E-state index contributed by atoms with van der Waals surface area (Å²) >= 11 is 0. The third kappa shape index (κ3) is 1.74. The molecular weight excluding hydrogens is 124 g/mol. The van der Waals surface area contributed by atoms with Gasteiger partial charge in [0.25, 0.3) is 0 Å². The Morgan fingerprint density at radius 1 is 1.40 bits per heavy atom. The lowest BCUT2D eigenvalue weighted by atomic mass is 9.91. The van der Waals surface area contributed by atoms with Crippen LogP contribution < -0.4 is 10.6 Å². The molecule has 0 aromatic carbocycles. The molecule has 10 heavy (non-hydrogen) atoms. The Bertz CT molecular complexity index is 142. The van der Waals surface area contributed by atoms with E-state index in [1.165, 1.54) is 5.70 Å². The Labute approximate surface area is 62.7 Å². The van der Waals surface area contributed by atoms with Crippen LogP contribution in [-0.2, 0) is 0 Å². The summed E-state index contributed by atoms with van der Waals surface area (Å²) in [6.07, 6.45) is 2.21. The van der Waals surface area contributed by atoms with Gasteiger partial charge >= 0.3 is 0 Å². The van der Waals surface area contributed by atoms with Crippen LogP contribution in [0.3, 0.4) is 0 Å². The number of hydrogen-bond acceptors (Lipinski definition) is 2. The van der Waals surface area contributed by atoms with E-state index in [9.17, 15) is 0 Å². The van der Waals surface area contributed by atoms with Gasteiger partial charge in [0.2, 0.25) is 0 Å². The molecule has 0 amide bonds. The highest BCUT2D eigenvalue weighted by molar-refractivity contribution is 5.11. The summed E-state index contributed by atoms with van der Waals surface area (Å²) in [5, 5.41) is 6.51. The fraction of sp³-hybridized carbons (Fsp3) is 0.750. The van der Waals surface area contributed by atoms with Gasteiger partial charge in [-0.2, -0.15) is 0 Å². The van der Waals surface area contributed by atoms with Gasteiger partial charge in [-0.05, 0) is 0 Å². The number of allylic oxidation sites excluding steroid dienone is 1. The highest BCUT2D eigenvalue weighted by Gasteiger charge is 2.17. The van der Waals surface area contributed by atoms with Crippen molar-refractivity contribution in [1.29, 1.82) is 0 Å². The molecular formula is C8H16N2. The van der Waals surface area contributed by atoms with Crippen molar-refractivity contribution in [3.05, 3.63) is 11.8 Å². The second kappa shape index (κ2) is 2.62. The molecule has 0 unspecified atom stereocenters. The minimum atomic E-state index is 0.280. The van der Waals surface area contributed by atoms with Crippen molar-refractivity contribution in [2.45, 2.75) is 20.8 Å². The summed E-state index contributed by atoms with van der Waals surface area (Å²) in [5.74, 6) is 0. The molecule has 2 nitrogen and oxygen atoms in total. The van der Waals surface area contributed by atoms with Crippen molar-refractivity contribution < 1.29 is 0 Å². The predicted octanol–water partition coefficient (Wildman–Crippen LogP) is 1.07. The summed E-state index contributed by atoms with van der Waals surface area (Å²) in [6, 6.07) is 0. The summed E-state index contributed by atoms with van der Waals surface area (Å²) in [5.41, 5.74) is 1.63. The predicted molar refractivity (Wildman–Crippen MR) is 43.5 cm³/mol. The van der Waals surface area contributed by atoms with Crippen LogP contribution in [0, 0.1) is 5.41 Å². The van der Waals surface area contributed by atoms with Gasteiger partial charge in [-0.15, -0.1) is 0 Å². The molecule has 0 saturated carbocycles. The van der Waals surface area contributed by atoms with Crippen molar-refractivity contribution in [3.8, 4) is 0 Å². The third-order valence-electron chi connectivity index (χ3n) is 1.66. The Kier molecular flexibility index (Phi) is 2.00. The van der Waals surface area contributed by atoms with Crippen LogP contribution in [-0.4, -0.2) is 13.2 Å². The van der Waals surface area contributed by atoms with Crippen LogP contribution in [0.4, 0.5) is 0 Å². The average molecular weight is 140 g/mol. The van der Waals surface area contributed by atoms with E-state index >= 15 is 0 Å². The molecule has 2 N–H and O–H groups in total. The standard InChI is InChI=1S/C8H16N2/c1-8(2,3)7-4-5-9-6-10-7/h4,9-10H,5-6H2,1-3H3. The molecule has 0 bridgehead atoms. The summed E-state index contributed by atoms with van der Waals surface area (Å²) < 4.78 is 0. The van der Waals surface area contributed by atoms with Gasteiger partial charge in [0, 0.05) is 17.7 Å². The molecule has 1 heterocycles. The van der Waals surface area contributed by atoms with E-state index in [2.05, 4.69) is 37.5 Å². The highest BCUT2D eigenvalue weighted by atomic mass is 15.1. The highest BCUT2D eigenvalue weighted by Crippen LogP contribution is 2.22. The van der Waals surface area contributed by atoms with E-state index in [0.29, 0.717) is 0 Å². The molecule has 58 valence electrons. The van der Waals surface area contributed by atoms with Gasteiger partial charge in [-0.25, -0.2) is 0 Å². The largest absolute Gasteiger partial charge is 0.376 e. The van der Waals surface area contributed by atoms with Crippen LogP contribution in [0.2, 0.25) is 0 Å². The normalized spacial score (nSPS) is 19.7. The Balaban J connectivity index is 2.62. The Morgan fingerprint density at radius 3 is 2.40 bits per heavy atom. The number of rotatable bonds is 0. The lowest BCUT2D eigenvalue weighted by molar-refractivity contribution is 0.436. The number of hydrogen-bond donors (Lipinski definition) is 2. The SMILES string of the molecule is CC(C)(C)C1=CCNCN1. The third-order valence-corrected chi connectivity index (χ3v) is 1.66. The van der Waals surface area contributed by atoms with Crippen LogP contribution in [0.15, 0.2) is 11.8 Å². The first-order valence-electron chi connectivity index (χ1n) is 3.76. The van der Waals surface area contributed by atoms with Crippen molar-refractivity contribution in [2.24, 2.45) is 5.41 Å². The number of nitrogens with one attached hydrogen (secondary N) is 2. The summed E-state index contributed by atoms with van der Waals surface area (Å²) in [4.78, 5) is 0. The monoisotopic (exact) mass is 140 g/mol. The zero-order valence-electron chi connectivity index (χ0n) is 6.99. The minimum Gasteiger partial charge on any atom is -0.376 e. The molecule has 0 aromatic heterocycles. The lowest BCUT2D eigenvalue weighted by Gasteiger charge is -2.27. The molecule has 1 aliphatic heterocycles. The topological polar surface area (TPSA) is 24.1 Å². The van der Waals surface area contributed by atoms with Crippen LogP contribution in [0.5, 0.6) is 0 Å². The zero-order chi connectivity index (χ0) is 7.61. The fourth-order valence-electron chi connectivity index (χ4n) is 1.05. The van der Waals surface area contributed by atoms with Crippen molar-refractivity contribution >= 4 is 0 Å². The van der Waals surface area contributed by atoms with Gasteiger partial charge < -0.3 is 5.32 Å². The van der Waals surface area contributed by atoms with Crippen LogP contribution in [0.1, 0.15) is 20.8 Å². The van der Waals surface area contributed by atoms with Gasteiger partial charge in [0.1, 0.15) is 0 Å². The molecule has 0 fully saturated rings. The van der Waals surface area contributed by atoms with E-state index in [1.807, 2.05) is 0 Å². The maximum Gasteiger partial charge on any atom is 0.0652 e. The molecule has 0 saturated heterocycles. The second-order valence-electron chi connectivity index (χ2n) is 3.68. The van der Waals surface area contributed by atoms with E-state index in [4.69, 9.17) is 0 Å². The van der Waals surface area contributed by atoms with Crippen molar-refractivity contribution in [3.63, 3.8) is 0 Å². The molecule has 0 spiro atoms. The van der Waals surface area contributed by atoms with Gasteiger partial charge in [0.05, 0.1) is 6.67 Å². The Morgan fingerprint density at radius 2 is 2.10 bits per heavy atom. The molecule has 0 aliphatic carbocycles. The molecule has 1 rings (SSSR count). The van der Waals surface area contributed by atoms with E-state index in [1.54, 1.807) is 0 Å². The fourth-order valence-corrected chi connectivity index (χ4v) is 1.05. The van der Waals surface area contributed by atoms with Crippen LogP contribution >= 0.6 is 0 Å². The molecule has 0 aromatic rings. The second-order valence-corrected chi connectivity index (χ2v) is 3.68. The maximum atomic E-state index is 3.31. The maximum absolute atomic E-state index is 3.31. The van der Waals surface area contributed by atoms with Gasteiger partial charge in [0.15, 0.2) is 0 Å². The van der Waals surface area contributed by atoms with Crippen molar-refractivity contribution in [1.82, 2.24) is 10.6 Å². The van der Waals surface area contributed by atoms with Gasteiger partial charge in [-0.3, -0.25) is 5.32 Å². The van der Waals surface area contributed by atoms with E-state index < -0.39 is 0 Å². The molecule has 0 radical (unpaired) electrons. The minimum absolute atomic E-state index is 0.280. The van der Waals surface area contributed by atoms with E-state index in [-0.39, 0.29) is 5.41 Å². The summed E-state index contributed by atoms with van der Waals surface area (Å²) in [6.45, 7) is 8.56. The average Bonchev–Trinajstić information content (AvgIpc) is 1.88. The molecule has 0 atom stereocenters. The van der Waals surface area contributed by atoms with E-state index in [0.717, 1.165) is 13.2 Å². The first kappa shape index (κ1) is 7.61. The zero-order valence-corrected chi connectivity index (χ0v) is 6.99. The van der Waals surface area contributed by atoms with Crippen molar-refractivity contribution in [2.75, 3.05) is 13.2 Å². The summed E-state index contributed by atoms with van der Waals surface area (Å²) in [7, 11) is 0. The first-order chi connectivity index (χ1) is 4.61. The lowest BCUT2D eigenvalue weighted by Crippen LogP contribution is -2.38. The Hall–Kier alpha value is -0.500.